The van der Waals surface area contributed by atoms with Gasteiger partial charge in [-0.15, -0.1) is 0 Å². The lowest BCUT2D eigenvalue weighted by Gasteiger charge is -2.19. The lowest BCUT2D eigenvalue weighted by Crippen LogP contribution is -2.30. The Kier molecular flexibility index (Phi) is 4.25. The summed E-state index contributed by atoms with van der Waals surface area (Å²) in [6.45, 7) is 4.82. The zero-order chi connectivity index (χ0) is 13.1. The molecular formula is C15H23NO2. The Bertz CT molecular complexity index is 401. The fraction of sp³-hybridized carbons (Fsp3) is 0.600. The predicted molar refractivity (Wildman–Crippen MR) is 72.9 cm³/mol. The third kappa shape index (κ3) is 3.24. The number of nitrogens with one attached hydrogen (secondary N) is 1. The van der Waals surface area contributed by atoms with Gasteiger partial charge in [0.15, 0.2) is 0 Å². The van der Waals surface area contributed by atoms with E-state index in [1.807, 2.05) is 6.07 Å². The van der Waals surface area contributed by atoms with Crippen LogP contribution in [0.25, 0.3) is 0 Å². The summed E-state index contributed by atoms with van der Waals surface area (Å²) in [5.41, 5.74) is 2.34. The molecule has 0 aliphatic heterocycles. The normalized spacial score (nSPS) is 18.4. The predicted octanol–water partition coefficient (Wildman–Crippen LogP) is 2.43. The SMILES string of the molecule is COc1cc(C)ccc1C(C)NCC(O)C1CC1. The molecule has 1 aromatic carbocycles. The Hall–Kier alpha value is -1.06. The highest BCUT2D eigenvalue weighted by atomic mass is 16.5. The lowest BCUT2D eigenvalue weighted by molar-refractivity contribution is 0.145. The van der Waals surface area contributed by atoms with Crippen LogP contribution in [0.2, 0.25) is 0 Å². The summed E-state index contributed by atoms with van der Waals surface area (Å²) in [4.78, 5) is 0. The number of aryl methyl sites for hydroxylation is 1. The average Bonchev–Trinajstić information content (AvgIpc) is 3.19. The second-order valence-corrected chi connectivity index (χ2v) is 5.28. The van der Waals surface area contributed by atoms with E-state index in [2.05, 4.69) is 31.3 Å². The number of benzene rings is 1. The van der Waals surface area contributed by atoms with Crippen molar-refractivity contribution in [2.75, 3.05) is 13.7 Å². The van der Waals surface area contributed by atoms with E-state index in [0.29, 0.717) is 12.5 Å². The lowest BCUT2D eigenvalue weighted by atomic mass is 10.0. The second kappa shape index (κ2) is 5.72. The second-order valence-electron chi connectivity index (χ2n) is 5.28. The number of hydrogen-bond donors (Lipinski definition) is 2. The molecule has 1 saturated carbocycles. The van der Waals surface area contributed by atoms with Crippen LogP contribution < -0.4 is 10.1 Å². The summed E-state index contributed by atoms with van der Waals surface area (Å²) in [5, 5.41) is 13.2. The van der Waals surface area contributed by atoms with Crippen LogP contribution in [0.4, 0.5) is 0 Å². The average molecular weight is 249 g/mol. The van der Waals surface area contributed by atoms with Gasteiger partial charge in [0.2, 0.25) is 0 Å². The molecule has 0 heterocycles. The number of hydrogen-bond acceptors (Lipinski definition) is 3. The van der Waals surface area contributed by atoms with Crippen molar-refractivity contribution >= 4 is 0 Å². The summed E-state index contributed by atoms with van der Waals surface area (Å²) >= 11 is 0. The summed E-state index contributed by atoms with van der Waals surface area (Å²) in [6.07, 6.45) is 2.14. The van der Waals surface area contributed by atoms with E-state index in [4.69, 9.17) is 4.74 Å². The quantitative estimate of drug-likeness (QED) is 0.813. The number of aliphatic hydroxyl groups excluding tert-OH is 1. The van der Waals surface area contributed by atoms with E-state index in [1.54, 1.807) is 7.11 Å². The van der Waals surface area contributed by atoms with Crippen LogP contribution in [0.5, 0.6) is 5.75 Å². The number of methoxy groups -OCH3 is 1. The molecule has 2 unspecified atom stereocenters. The summed E-state index contributed by atoms with van der Waals surface area (Å²) < 4.78 is 5.41. The smallest absolute Gasteiger partial charge is 0.123 e. The molecule has 0 aromatic heterocycles. The standard InChI is InChI=1S/C15H23NO2/c1-10-4-7-13(15(8-10)18-3)11(2)16-9-14(17)12-5-6-12/h4,7-8,11-12,14,16-17H,5-6,9H2,1-3H3. The molecule has 18 heavy (non-hydrogen) atoms. The molecule has 2 atom stereocenters. The molecule has 0 radical (unpaired) electrons. The van der Waals surface area contributed by atoms with Gasteiger partial charge < -0.3 is 15.2 Å². The van der Waals surface area contributed by atoms with Crippen LogP contribution in [0.3, 0.4) is 0 Å². The van der Waals surface area contributed by atoms with Gasteiger partial charge >= 0.3 is 0 Å². The molecule has 3 nitrogen and oxygen atoms in total. The van der Waals surface area contributed by atoms with Crippen molar-refractivity contribution < 1.29 is 9.84 Å². The van der Waals surface area contributed by atoms with Gasteiger partial charge in [-0.3, -0.25) is 0 Å². The Balaban J connectivity index is 1.96. The summed E-state index contributed by atoms with van der Waals surface area (Å²) in [7, 11) is 1.70. The van der Waals surface area contributed by atoms with Crippen molar-refractivity contribution in [3.63, 3.8) is 0 Å². The highest BCUT2D eigenvalue weighted by molar-refractivity contribution is 5.39. The van der Waals surface area contributed by atoms with Crippen molar-refractivity contribution in [2.45, 2.75) is 38.8 Å². The van der Waals surface area contributed by atoms with Crippen molar-refractivity contribution in [3.05, 3.63) is 29.3 Å². The van der Waals surface area contributed by atoms with Crippen LogP contribution >= 0.6 is 0 Å². The highest BCUT2D eigenvalue weighted by Gasteiger charge is 2.29. The largest absolute Gasteiger partial charge is 0.496 e. The van der Waals surface area contributed by atoms with E-state index < -0.39 is 0 Å². The molecule has 1 fully saturated rings. The van der Waals surface area contributed by atoms with Gasteiger partial charge in [0.1, 0.15) is 5.75 Å². The maximum absolute atomic E-state index is 9.86. The van der Waals surface area contributed by atoms with Crippen molar-refractivity contribution in [2.24, 2.45) is 5.92 Å². The van der Waals surface area contributed by atoms with E-state index in [-0.39, 0.29) is 12.1 Å². The molecule has 3 heteroatoms. The third-order valence-corrected chi connectivity index (χ3v) is 3.65. The number of ether oxygens (including phenoxy) is 1. The monoisotopic (exact) mass is 249 g/mol. The van der Waals surface area contributed by atoms with Crippen molar-refractivity contribution in [1.82, 2.24) is 5.32 Å². The van der Waals surface area contributed by atoms with E-state index in [1.165, 1.54) is 18.4 Å². The van der Waals surface area contributed by atoms with Gasteiger partial charge in [-0.05, 0) is 44.2 Å². The molecule has 1 aliphatic carbocycles. The molecule has 1 aromatic rings. The van der Waals surface area contributed by atoms with Crippen molar-refractivity contribution in [1.29, 1.82) is 0 Å². The fourth-order valence-corrected chi connectivity index (χ4v) is 2.23. The van der Waals surface area contributed by atoms with Gasteiger partial charge in [-0.25, -0.2) is 0 Å². The first-order valence-corrected chi connectivity index (χ1v) is 6.67. The van der Waals surface area contributed by atoms with Crippen LogP contribution in [0, 0.1) is 12.8 Å². The number of aliphatic hydroxyl groups is 1. The molecule has 0 amide bonds. The first-order valence-electron chi connectivity index (χ1n) is 6.67. The molecule has 0 spiro atoms. The van der Waals surface area contributed by atoms with Gasteiger partial charge in [0.25, 0.3) is 0 Å². The topological polar surface area (TPSA) is 41.5 Å². The minimum atomic E-state index is -0.205. The first kappa shape index (κ1) is 13.4. The highest BCUT2D eigenvalue weighted by Crippen LogP contribution is 2.32. The first-order chi connectivity index (χ1) is 8.61. The minimum absolute atomic E-state index is 0.189. The molecule has 100 valence electrons. The Morgan fingerprint density at radius 1 is 1.44 bits per heavy atom. The van der Waals surface area contributed by atoms with Crippen LogP contribution in [0.1, 0.15) is 36.9 Å². The third-order valence-electron chi connectivity index (χ3n) is 3.65. The zero-order valence-corrected chi connectivity index (χ0v) is 11.4. The van der Waals surface area contributed by atoms with E-state index in [9.17, 15) is 5.11 Å². The van der Waals surface area contributed by atoms with Gasteiger partial charge in [-0.2, -0.15) is 0 Å². The Morgan fingerprint density at radius 2 is 2.17 bits per heavy atom. The van der Waals surface area contributed by atoms with Gasteiger partial charge in [0.05, 0.1) is 13.2 Å². The molecule has 0 bridgehead atoms. The zero-order valence-electron chi connectivity index (χ0n) is 11.4. The Morgan fingerprint density at radius 3 is 2.78 bits per heavy atom. The maximum atomic E-state index is 9.86. The van der Waals surface area contributed by atoms with E-state index in [0.717, 1.165) is 11.3 Å². The molecular weight excluding hydrogens is 226 g/mol. The summed E-state index contributed by atoms with van der Waals surface area (Å²) in [6, 6.07) is 6.42. The molecule has 2 rings (SSSR count). The number of rotatable bonds is 6. The van der Waals surface area contributed by atoms with Crippen molar-refractivity contribution in [3.8, 4) is 5.75 Å². The fourth-order valence-electron chi connectivity index (χ4n) is 2.23. The van der Waals surface area contributed by atoms with Gasteiger partial charge in [0, 0.05) is 18.2 Å². The van der Waals surface area contributed by atoms with E-state index >= 15 is 0 Å². The minimum Gasteiger partial charge on any atom is -0.496 e. The molecule has 1 aliphatic rings. The van der Waals surface area contributed by atoms with Crippen LogP contribution in [0.15, 0.2) is 18.2 Å². The maximum Gasteiger partial charge on any atom is 0.123 e. The molecule has 0 saturated heterocycles. The van der Waals surface area contributed by atoms with Crippen LogP contribution in [-0.2, 0) is 0 Å². The summed E-state index contributed by atoms with van der Waals surface area (Å²) in [5.74, 6) is 1.43. The molecule has 2 N–H and O–H groups in total. The Labute approximate surface area is 109 Å². The van der Waals surface area contributed by atoms with Gasteiger partial charge in [-0.1, -0.05) is 12.1 Å². The van der Waals surface area contributed by atoms with Crippen LogP contribution in [-0.4, -0.2) is 24.9 Å².